The highest BCUT2D eigenvalue weighted by atomic mass is 14.1. The smallest absolute Gasteiger partial charge is 0.00887 e. The summed E-state index contributed by atoms with van der Waals surface area (Å²) < 4.78 is 0. The Morgan fingerprint density at radius 3 is 1.24 bits per heavy atom. The molecule has 0 saturated heterocycles. The second-order valence-corrected chi connectivity index (χ2v) is 9.45. The monoisotopic (exact) mass is 404 g/mol. The van der Waals surface area contributed by atoms with Crippen molar-refractivity contribution in [2.45, 2.75) is 163 Å². The van der Waals surface area contributed by atoms with Gasteiger partial charge in [-0.15, -0.1) is 11.8 Å². The standard InChI is InChI=1S/C29H56/c1-5-9-11-16-20-24-28(7-3)26-22-18-14-13-15-19-23-27-29(8-4)25-21-17-12-10-6-2/h28-29H,5-12,14,16-27H2,1-4H3. The number of unbranched alkanes of at least 4 members (excludes halogenated alkanes) is 11. The fraction of sp³-hybridized carbons (Fsp3) is 0.931. The molecule has 0 aromatic rings. The Hall–Kier alpha value is -0.440. The summed E-state index contributed by atoms with van der Waals surface area (Å²) in [7, 11) is 0. The van der Waals surface area contributed by atoms with Crippen LogP contribution in [0, 0.1) is 23.7 Å². The van der Waals surface area contributed by atoms with E-state index in [4.69, 9.17) is 0 Å². The van der Waals surface area contributed by atoms with Crippen molar-refractivity contribution < 1.29 is 0 Å². The van der Waals surface area contributed by atoms with Crippen LogP contribution in [0.3, 0.4) is 0 Å². The number of hydrogen-bond donors (Lipinski definition) is 0. The minimum absolute atomic E-state index is 0.950. The van der Waals surface area contributed by atoms with Gasteiger partial charge in [0.15, 0.2) is 0 Å². The van der Waals surface area contributed by atoms with Crippen LogP contribution in [0.1, 0.15) is 163 Å². The van der Waals surface area contributed by atoms with E-state index in [1.165, 1.54) is 122 Å². The zero-order valence-electron chi connectivity index (χ0n) is 21.0. The molecular weight excluding hydrogens is 348 g/mol. The van der Waals surface area contributed by atoms with Crippen LogP contribution in [0.5, 0.6) is 0 Å². The molecule has 0 heterocycles. The Labute approximate surface area is 186 Å². The average Bonchev–Trinajstić information content (AvgIpc) is 2.74. The van der Waals surface area contributed by atoms with Gasteiger partial charge in [-0.1, -0.05) is 130 Å². The van der Waals surface area contributed by atoms with E-state index in [0.717, 1.165) is 24.7 Å². The zero-order chi connectivity index (χ0) is 21.4. The molecule has 0 aliphatic heterocycles. The molecule has 0 aromatic carbocycles. The molecular formula is C29H56. The highest BCUT2D eigenvalue weighted by Crippen LogP contribution is 2.21. The highest BCUT2D eigenvalue weighted by molar-refractivity contribution is 4.98. The first-order chi connectivity index (χ1) is 14.3. The summed E-state index contributed by atoms with van der Waals surface area (Å²) in [6, 6.07) is 0. The molecule has 0 spiro atoms. The molecule has 2 atom stereocenters. The lowest BCUT2D eigenvalue weighted by Gasteiger charge is -2.14. The van der Waals surface area contributed by atoms with Crippen LogP contribution < -0.4 is 0 Å². The van der Waals surface area contributed by atoms with E-state index in [1.807, 2.05) is 0 Å². The third-order valence-corrected chi connectivity index (χ3v) is 6.79. The van der Waals surface area contributed by atoms with E-state index >= 15 is 0 Å². The molecule has 0 saturated carbocycles. The molecule has 0 nitrogen and oxygen atoms in total. The van der Waals surface area contributed by atoms with Gasteiger partial charge < -0.3 is 0 Å². The van der Waals surface area contributed by atoms with Crippen molar-refractivity contribution >= 4 is 0 Å². The van der Waals surface area contributed by atoms with Crippen LogP contribution in [0.15, 0.2) is 0 Å². The number of hydrogen-bond acceptors (Lipinski definition) is 0. The Morgan fingerprint density at radius 1 is 0.414 bits per heavy atom. The normalized spacial score (nSPS) is 13.1. The number of rotatable bonds is 21. The van der Waals surface area contributed by atoms with Crippen LogP contribution in [-0.2, 0) is 0 Å². The Kier molecular flexibility index (Phi) is 23.5. The van der Waals surface area contributed by atoms with E-state index < -0.39 is 0 Å². The summed E-state index contributed by atoms with van der Waals surface area (Å²) >= 11 is 0. The molecule has 0 fully saturated rings. The summed E-state index contributed by atoms with van der Waals surface area (Å²) in [5, 5.41) is 0. The molecule has 0 aromatic heterocycles. The molecule has 0 N–H and O–H groups in total. The van der Waals surface area contributed by atoms with Crippen LogP contribution in [0.25, 0.3) is 0 Å². The first kappa shape index (κ1) is 28.6. The topological polar surface area (TPSA) is 0 Å². The molecule has 0 amide bonds. The van der Waals surface area contributed by atoms with Crippen molar-refractivity contribution in [2.75, 3.05) is 0 Å². The predicted molar refractivity (Wildman–Crippen MR) is 134 cm³/mol. The van der Waals surface area contributed by atoms with E-state index in [-0.39, 0.29) is 0 Å². The lowest BCUT2D eigenvalue weighted by Crippen LogP contribution is -1.99. The highest BCUT2D eigenvalue weighted by Gasteiger charge is 2.06. The molecule has 29 heavy (non-hydrogen) atoms. The van der Waals surface area contributed by atoms with Crippen molar-refractivity contribution in [2.24, 2.45) is 11.8 Å². The first-order valence-corrected chi connectivity index (χ1v) is 13.7. The van der Waals surface area contributed by atoms with E-state index in [1.54, 1.807) is 0 Å². The maximum Gasteiger partial charge on any atom is 0.00887 e. The third-order valence-electron chi connectivity index (χ3n) is 6.79. The van der Waals surface area contributed by atoms with Crippen LogP contribution in [0.2, 0.25) is 0 Å². The van der Waals surface area contributed by atoms with Gasteiger partial charge >= 0.3 is 0 Å². The average molecular weight is 405 g/mol. The zero-order valence-corrected chi connectivity index (χ0v) is 21.0. The SMILES string of the molecule is CCCCCCCC(CC)CCCC#CCCCCC(CC)CCCCCCC. The Morgan fingerprint density at radius 2 is 0.793 bits per heavy atom. The molecule has 172 valence electrons. The fourth-order valence-electron chi connectivity index (χ4n) is 4.48. The lowest BCUT2D eigenvalue weighted by molar-refractivity contribution is 0.398. The van der Waals surface area contributed by atoms with Crippen LogP contribution >= 0.6 is 0 Å². The van der Waals surface area contributed by atoms with Crippen LogP contribution in [-0.4, -0.2) is 0 Å². The van der Waals surface area contributed by atoms with Gasteiger partial charge in [0.05, 0.1) is 0 Å². The van der Waals surface area contributed by atoms with Crippen molar-refractivity contribution in [1.82, 2.24) is 0 Å². The molecule has 2 unspecified atom stereocenters. The molecule has 0 rings (SSSR count). The van der Waals surface area contributed by atoms with Crippen molar-refractivity contribution in [3.8, 4) is 11.8 Å². The van der Waals surface area contributed by atoms with Crippen molar-refractivity contribution in [1.29, 1.82) is 0 Å². The van der Waals surface area contributed by atoms with Crippen LogP contribution in [0.4, 0.5) is 0 Å². The van der Waals surface area contributed by atoms with Gasteiger partial charge in [0.25, 0.3) is 0 Å². The van der Waals surface area contributed by atoms with Gasteiger partial charge in [-0.2, -0.15) is 0 Å². The first-order valence-electron chi connectivity index (χ1n) is 13.7. The van der Waals surface area contributed by atoms with Gasteiger partial charge in [0.1, 0.15) is 0 Å². The second-order valence-electron chi connectivity index (χ2n) is 9.45. The summed E-state index contributed by atoms with van der Waals surface area (Å²) in [5.41, 5.74) is 0. The summed E-state index contributed by atoms with van der Waals surface area (Å²) in [5.74, 6) is 8.83. The molecule has 0 aliphatic carbocycles. The maximum atomic E-state index is 3.45. The predicted octanol–water partition coefficient (Wildman–Crippen LogP) is 10.5. The van der Waals surface area contributed by atoms with E-state index in [2.05, 4.69) is 39.5 Å². The van der Waals surface area contributed by atoms with E-state index in [0.29, 0.717) is 0 Å². The minimum Gasteiger partial charge on any atom is -0.103 e. The van der Waals surface area contributed by atoms with Gasteiger partial charge in [-0.05, 0) is 31.1 Å². The Balaban J connectivity index is 3.59. The quantitative estimate of drug-likeness (QED) is 0.132. The molecule has 0 radical (unpaired) electrons. The van der Waals surface area contributed by atoms with E-state index in [9.17, 15) is 0 Å². The van der Waals surface area contributed by atoms with Crippen molar-refractivity contribution in [3.63, 3.8) is 0 Å². The third kappa shape index (κ3) is 20.6. The lowest BCUT2D eigenvalue weighted by atomic mass is 9.92. The summed E-state index contributed by atoms with van der Waals surface area (Å²) in [4.78, 5) is 0. The van der Waals surface area contributed by atoms with Gasteiger partial charge in [0.2, 0.25) is 0 Å². The van der Waals surface area contributed by atoms with Gasteiger partial charge in [-0.3, -0.25) is 0 Å². The summed E-state index contributed by atoms with van der Waals surface area (Å²) in [6.07, 6.45) is 29.0. The molecule has 0 bridgehead atoms. The largest absolute Gasteiger partial charge is 0.103 e. The molecule has 0 aliphatic rings. The second kappa shape index (κ2) is 23.8. The van der Waals surface area contributed by atoms with Gasteiger partial charge in [-0.25, -0.2) is 0 Å². The van der Waals surface area contributed by atoms with Crippen molar-refractivity contribution in [3.05, 3.63) is 0 Å². The maximum absolute atomic E-state index is 3.45. The summed E-state index contributed by atoms with van der Waals surface area (Å²) in [6.45, 7) is 9.35. The minimum atomic E-state index is 0.950. The Bertz CT molecular complexity index is 358. The van der Waals surface area contributed by atoms with Gasteiger partial charge in [0, 0.05) is 12.8 Å². The fourth-order valence-corrected chi connectivity index (χ4v) is 4.48. The molecule has 0 heteroatoms.